The van der Waals surface area contributed by atoms with Gasteiger partial charge in [0.2, 0.25) is 0 Å². The van der Waals surface area contributed by atoms with Crippen LogP contribution < -0.4 is 5.32 Å². The lowest BCUT2D eigenvalue weighted by Gasteiger charge is -2.32. The number of amides is 1. The first-order chi connectivity index (χ1) is 10.5. The smallest absolute Gasteiger partial charge is 0.269 e. The quantitative estimate of drug-likeness (QED) is 0.526. The van der Waals surface area contributed by atoms with E-state index in [9.17, 15) is 14.9 Å². The molecule has 0 unspecified atom stereocenters. The fraction of sp³-hybridized carbons (Fsp3) is 0.467. The second-order valence-corrected chi connectivity index (χ2v) is 5.85. The maximum atomic E-state index is 12.1. The molecule has 0 spiro atoms. The van der Waals surface area contributed by atoms with Gasteiger partial charge in [0.25, 0.3) is 11.6 Å². The van der Waals surface area contributed by atoms with E-state index in [1.165, 1.54) is 43.5 Å². The lowest BCUT2D eigenvalue weighted by Crippen LogP contribution is -2.46. The van der Waals surface area contributed by atoms with Crippen molar-refractivity contribution in [2.24, 2.45) is 0 Å². The van der Waals surface area contributed by atoms with E-state index < -0.39 is 4.92 Å². The molecule has 1 fully saturated rings. The molecule has 6 nitrogen and oxygen atoms in total. The van der Waals surface area contributed by atoms with Gasteiger partial charge in [-0.3, -0.25) is 20.2 Å². The molecule has 22 heavy (non-hydrogen) atoms. The van der Waals surface area contributed by atoms with Crippen LogP contribution in [0.3, 0.4) is 0 Å². The Bertz CT molecular complexity index is 568. The Hall–Kier alpha value is -2.02. The number of nitro benzene ring substituents is 1. The van der Waals surface area contributed by atoms with Crippen molar-refractivity contribution in [3.8, 4) is 0 Å². The molecule has 118 valence electrons. The summed E-state index contributed by atoms with van der Waals surface area (Å²) in [6.45, 7) is 0. The molecule has 0 heterocycles. The number of carbonyl (C=O) groups is 1. The third-order valence-electron chi connectivity index (χ3n) is 4.00. The molecule has 0 aromatic heterocycles. The number of nitrogens with one attached hydrogen (secondary N) is 1. The molecule has 1 N–H and O–H groups in total. The summed E-state index contributed by atoms with van der Waals surface area (Å²) in [4.78, 5) is 24.2. The van der Waals surface area contributed by atoms with Crippen LogP contribution in [0.4, 0.5) is 5.69 Å². The second-order valence-electron chi connectivity index (χ2n) is 5.47. The Morgan fingerprint density at radius 3 is 2.41 bits per heavy atom. The number of thiocarbonyl (C=S) groups is 1. The molecule has 0 atom stereocenters. The zero-order valence-electron chi connectivity index (χ0n) is 12.4. The summed E-state index contributed by atoms with van der Waals surface area (Å²) in [6.07, 6.45) is 5.81. The summed E-state index contributed by atoms with van der Waals surface area (Å²) in [7, 11) is 1.90. The fourth-order valence-corrected chi connectivity index (χ4v) is 2.87. The summed E-state index contributed by atoms with van der Waals surface area (Å²) in [5.74, 6) is -0.345. The van der Waals surface area contributed by atoms with Crippen LogP contribution >= 0.6 is 12.2 Å². The third-order valence-corrected chi connectivity index (χ3v) is 4.39. The minimum Gasteiger partial charge on any atom is -0.349 e. The van der Waals surface area contributed by atoms with Crippen LogP contribution in [0.5, 0.6) is 0 Å². The first kappa shape index (κ1) is 16.4. The van der Waals surface area contributed by atoms with Crippen molar-refractivity contribution < 1.29 is 9.72 Å². The third kappa shape index (κ3) is 4.00. The maximum Gasteiger partial charge on any atom is 0.269 e. The van der Waals surface area contributed by atoms with Gasteiger partial charge >= 0.3 is 0 Å². The van der Waals surface area contributed by atoms with Crippen molar-refractivity contribution >= 4 is 28.9 Å². The normalized spacial score (nSPS) is 15.1. The highest BCUT2D eigenvalue weighted by Gasteiger charge is 2.21. The van der Waals surface area contributed by atoms with E-state index in [0.29, 0.717) is 16.7 Å². The Labute approximate surface area is 134 Å². The molecule has 1 saturated carbocycles. The van der Waals surface area contributed by atoms with Gasteiger partial charge in [-0.25, -0.2) is 0 Å². The maximum absolute atomic E-state index is 12.1. The van der Waals surface area contributed by atoms with E-state index >= 15 is 0 Å². The van der Waals surface area contributed by atoms with Crippen molar-refractivity contribution in [1.82, 2.24) is 10.2 Å². The monoisotopic (exact) mass is 321 g/mol. The Balaban J connectivity index is 1.95. The van der Waals surface area contributed by atoms with E-state index in [2.05, 4.69) is 5.32 Å². The van der Waals surface area contributed by atoms with Gasteiger partial charge in [-0.1, -0.05) is 19.3 Å². The molecule has 0 aliphatic heterocycles. The lowest BCUT2D eigenvalue weighted by molar-refractivity contribution is -0.384. The highest BCUT2D eigenvalue weighted by atomic mass is 32.1. The predicted molar refractivity (Wildman–Crippen MR) is 87.8 cm³/mol. The van der Waals surface area contributed by atoms with Gasteiger partial charge in [0.15, 0.2) is 5.11 Å². The first-order valence-electron chi connectivity index (χ1n) is 7.31. The number of benzene rings is 1. The molecule has 2 rings (SSSR count). The molecule has 7 heteroatoms. The summed E-state index contributed by atoms with van der Waals surface area (Å²) in [6, 6.07) is 5.84. The van der Waals surface area contributed by atoms with Gasteiger partial charge in [-0.2, -0.15) is 0 Å². The Morgan fingerprint density at radius 1 is 1.27 bits per heavy atom. The van der Waals surface area contributed by atoms with E-state index in [1.54, 1.807) is 0 Å². The Morgan fingerprint density at radius 2 is 1.86 bits per heavy atom. The van der Waals surface area contributed by atoms with E-state index in [0.717, 1.165) is 12.8 Å². The average molecular weight is 321 g/mol. The highest BCUT2D eigenvalue weighted by molar-refractivity contribution is 7.80. The van der Waals surface area contributed by atoms with Crippen LogP contribution in [0.1, 0.15) is 42.5 Å². The number of hydrogen-bond acceptors (Lipinski definition) is 4. The second kappa shape index (κ2) is 7.31. The van der Waals surface area contributed by atoms with Gasteiger partial charge in [0.1, 0.15) is 0 Å². The Kier molecular flexibility index (Phi) is 5.43. The minimum atomic E-state index is -0.497. The number of carbonyl (C=O) groups excluding carboxylic acids is 1. The van der Waals surface area contributed by atoms with Crippen LogP contribution in [0.2, 0.25) is 0 Å². The van der Waals surface area contributed by atoms with Crippen LogP contribution in [-0.2, 0) is 0 Å². The molecule has 0 saturated heterocycles. The van der Waals surface area contributed by atoms with E-state index in [1.807, 2.05) is 11.9 Å². The van der Waals surface area contributed by atoms with E-state index in [4.69, 9.17) is 12.2 Å². The SMILES string of the molecule is CN(C(=S)NC(=O)c1ccc([N+](=O)[O-])cc1)C1CCCCC1. The minimum absolute atomic E-state index is 0.0431. The van der Waals surface area contributed by atoms with Crippen molar-refractivity contribution in [2.75, 3.05) is 7.05 Å². The number of rotatable bonds is 3. The molecule has 1 aliphatic rings. The molecule has 0 radical (unpaired) electrons. The summed E-state index contributed by atoms with van der Waals surface area (Å²) < 4.78 is 0. The number of nitro groups is 1. The van der Waals surface area contributed by atoms with Gasteiger partial charge in [0.05, 0.1) is 4.92 Å². The zero-order valence-corrected chi connectivity index (χ0v) is 13.3. The first-order valence-corrected chi connectivity index (χ1v) is 7.72. The zero-order chi connectivity index (χ0) is 16.1. The van der Waals surface area contributed by atoms with Gasteiger partial charge < -0.3 is 4.90 Å². The molecule has 1 aromatic carbocycles. The van der Waals surface area contributed by atoms with Crippen LogP contribution in [-0.4, -0.2) is 33.9 Å². The lowest BCUT2D eigenvalue weighted by atomic mass is 9.95. The standard InChI is InChI=1S/C15H19N3O3S/c1-17(12-5-3-2-4-6-12)15(22)16-14(19)11-7-9-13(10-8-11)18(20)21/h7-10,12H,2-6H2,1H3,(H,16,19,22). The fourth-order valence-electron chi connectivity index (χ4n) is 2.63. The average Bonchev–Trinajstić information content (AvgIpc) is 2.54. The van der Waals surface area contributed by atoms with Gasteiger partial charge in [0, 0.05) is 30.8 Å². The molecule has 1 aromatic rings. The summed E-state index contributed by atoms with van der Waals surface area (Å²) >= 11 is 5.29. The topological polar surface area (TPSA) is 75.5 Å². The molecule has 1 aliphatic carbocycles. The van der Waals surface area contributed by atoms with Crippen molar-refractivity contribution in [1.29, 1.82) is 0 Å². The van der Waals surface area contributed by atoms with Gasteiger partial charge in [-0.15, -0.1) is 0 Å². The number of non-ortho nitro benzene ring substituents is 1. The molecular weight excluding hydrogens is 302 g/mol. The largest absolute Gasteiger partial charge is 0.349 e. The molecule has 1 amide bonds. The van der Waals surface area contributed by atoms with Crippen LogP contribution in [0.25, 0.3) is 0 Å². The van der Waals surface area contributed by atoms with Crippen molar-refractivity contribution in [3.63, 3.8) is 0 Å². The van der Waals surface area contributed by atoms with Crippen molar-refractivity contribution in [2.45, 2.75) is 38.1 Å². The van der Waals surface area contributed by atoms with E-state index in [-0.39, 0.29) is 11.6 Å². The summed E-state index contributed by atoms with van der Waals surface area (Å²) in [5.41, 5.74) is 0.309. The number of hydrogen-bond donors (Lipinski definition) is 1. The number of nitrogens with zero attached hydrogens (tertiary/aromatic N) is 2. The predicted octanol–water partition coefficient (Wildman–Crippen LogP) is 2.87. The van der Waals surface area contributed by atoms with Crippen LogP contribution in [0.15, 0.2) is 24.3 Å². The molecular formula is C15H19N3O3S. The highest BCUT2D eigenvalue weighted by Crippen LogP contribution is 2.21. The van der Waals surface area contributed by atoms with Crippen LogP contribution in [0, 0.1) is 10.1 Å². The van der Waals surface area contributed by atoms with Crippen molar-refractivity contribution in [3.05, 3.63) is 39.9 Å². The summed E-state index contributed by atoms with van der Waals surface area (Å²) in [5, 5.41) is 13.7. The van der Waals surface area contributed by atoms with Gasteiger partial charge in [-0.05, 0) is 37.2 Å². The molecule has 0 bridgehead atoms.